The number of benzene rings is 2. The molecule has 1 fully saturated rings. The zero-order chi connectivity index (χ0) is 18.9. The van der Waals surface area contributed by atoms with E-state index in [-0.39, 0.29) is 34.8 Å². The fraction of sp³-hybridized carbons (Fsp3) is 0.294. The Morgan fingerprint density at radius 2 is 1.88 bits per heavy atom. The average molecular weight is 396 g/mol. The second-order valence-electron chi connectivity index (χ2n) is 6.20. The van der Waals surface area contributed by atoms with Crippen molar-refractivity contribution in [3.8, 4) is 0 Å². The molecule has 0 aliphatic carbocycles. The monoisotopic (exact) mass is 395 g/mol. The summed E-state index contributed by atoms with van der Waals surface area (Å²) >= 11 is 5.79. The van der Waals surface area contributed by atoms with Crippen molar-refractivity contribution in [2.45, 2.75) is 10.8 Å². The van der Waals surface area contributed by atoms with E-state index in [1.54, 1.807) is 0 Å². The van der Waals surface area contributed by atoms with Gasteiger partial charge < -0.3 is 5.73 Å². The molecule has 0 amide bonds. The van der Waals surface area contributed by atoms with E-state index in [1.165, 1.54) is 16.4 Å². The number of nitrogens with two attached hydrogens (primary N) is 1. The standard InChI is InChI=1S/C17H18ClN3O4S/c18-14-6-7-17(16(8-14)21(22)23)26(24,25)20-10-13(9-19)15(11-20)12-4-2-1-3-5-12/h1-8,13,15H,9-11,19H2/t13-,15+/m1/s1. The molecule has 1 heterocycles. The zero-order valence-electron chi connectivity index (χ0n) is 13.8. The Balaban J connectivity index is 1.98. The smallest absolute Gasteiger partial charge is 0.290 e. The molecule has 0 aromatic heterocycles. The normalized spacial score (nSPS) is 21.0. The molecule has 0 spiro atoms. The number of sulfonamides is 1. The Bertz CT molecular complexity index is 921. The van der Waals surface area contributed by atoms with Gasteiger partial charge in [-0.25, -0.2) is 8.42 Å². The van der Waals surface area contributed by atoms with Crippen molar-refractivity contribution >= 4 is 27.3 Å². The summed E-state index contributed by atoms with van der Waals surface area (Å²) in [6.07, 6.45) is 0. The highest BCUT2D eigenvalue weighted by atomic mass is 35.5. The summed E-state index contributed by atoms with van der Waals surface area (Å²) in [5.41, 5.74) is 6.34. The number of halogens is 1. The average Bonchev–Trinajstić information content (AvgIpc) is 3.07. The van der Waals surface area contributed by atoms with Crippen molar-refractivity contribution in [2.75, 3.05) is 19.6 Å². The second-order valence-corrected chi connectivity index (χ2v) is 8.55. The van der Waals surface area contributed by atoms with Crippen molar-refractivity contribution in [3.05, 3.63) is 69.2 Å². The van der Waals surface area contributed by atoms with E-state index >= 15 is 0 Å². The van der Waals surface area contributed by atoms with Gasteiger partial charge >= 0.3 is 0 Å². The quantitative estimate of drug-likeness (QED) is 0.618. The molecule has 2 aromatic rings. The molecule has 0 unspecified atom stereocenters. The summed E-state index contributed by atoms with van der Waals surface area (Å²) in [6.45, 7) is 0.778. The van der Waals surface area contributed by atoms with E-state index in [1.807, 2.05) is 30.3 Å². The van der Waals surface area contributed by atoms with Crippen molar-refractivity contribution in [2.24, 2.45) is 11.7 Å². The van der Waals surface area contributed by atoms with E-state index in [2.05, 4.69) is 0 Å². The Morgan fingerprint density at radius 1 is 1.19 bits per heavy atom. The number of hydrogen-bond donors (Lipinski definition) is 1. The third-order valence-corrected chi connectivity index (χ3v) is 6.79. The maximum Gasteiger partial charge on any atom is 0.290 e. The van der Waals surface area contributed by atoms with E-state index in [9.17, 15) is 18.5 Å². The molecular formula is C17H18ClN3O4S. The summed E-state index contributed by atoms with van der Waals surface area (Å²) < 4.78 is 27.4. The molecule has 7 nitrogen and oxygen atoms in total. The van der Waals surface area contributed by atoms with E-state index in [0.29, 0.717) is 6.54 Å². The second kappa shape index (κ2) is 7.32. The molecule has 0 bridgehead atoms. The lowest BCUT2D eigenvalue weighted by Crippen LogP contribution is -2.30. The van der Waals surface area contributed by atoms with Crippen LogP contribution in [0.25, 0.3) is 0 Å². The van der Waals surface area contributed by atoms with Gasteiger partial charge in [0.25, 0.3) is 5.69 Å². The first-order chi connectivity index (χ1) is 12.3. The minimum Gasteiger partial charge on any atom is -0.330 e. The third-order valence-electron chi connectivity index (χ3n) is 4.67. The largest absolute Gasteiger partial charge is 0.330 e. The lowest BCUT2D eigenvalue weighted by Gasteiger charge is -2.17. The molecule has 1 aliphatic rings. The molecular weight excluding hydrogens is 378 g/mol. The van der Waals surface area contributed by atoms with Crippen LogP contribution >= 0.6 is 11.6 Å². The van der Waals surface area contributed by atoms with Gasteiger partial charge in [-0.15, -0.1) is 0 Å². The highest BCUT2D eigenvalue weighted by Gasteiger charge is 2.41. The molecule has 3 rings (SSSR count). The van der Waals surface area contributed by atoms with Gasteiger partial charge in [0.15, 0.2) is 4.90 Å². The fourth-order valence-corrected chi connectivity index (χ4v) is 5.16. The predicted octanol–water partition coefficient (Wildman–Crippen LogP) is 2.61. The summed E-state index contributed by atoms with van der Waals surface area (Å²) in [7, 11) is -4.04. The highest BCUT2D eigenvalue weighted by Crippen LogP contribution is 2.37. The van der Waals surface area contributed by atoms with Crippen LogP contribution < -0.4 is 5.73 Å². The first kappa shape index (κ1) is 18.8. The van der Waals surface area contributed by atoms with Crippen LogP contribution in [0.3, 0.4) is 0 Å². The molecule has 138 valence electrons. The van der Waals surface area contributed by atoms with Crippen molar-refractivity contribution in [3.63, 3.8) is 0 Å². The molecule has 26 heavy (non-hydrogen) atoms. The van der Waals surface area contributed by atoms with Gasteiger partial charge in [-0.05, 0) is 30.2 Å². The van der Waals surface area contributed by atoms with Crippen LogP contribution in [-0.4, -0.2) is 37.3 Å². The number of nitrogens with zero attached hydrogens (tertiary/aromatic N) is 2. The lowest BCUT2D eigenvalue weighted by molar-refractivity contribution is -0.387. The van der Waals surface area contributed by atoms with Gasteiger partial charge in [0.2, 0.25) is 10.0 Å². The number of nitro benzene ring substituents is 1. The van der Waals surface area contributed by atoms with E-state index < -0.39 is 20.6 Å². The van der Waals surface area contributed by atoms with Crippen LogP contribution in [-0.2, 0) is 10.0 Å². The summed E-state index contributed by atoms with van der Waals surface area (Å²) in [6, 6.07) is 13.1. The molecule has 1 saturated heterocycles. The Kier molecular flexibility index (Phi) is 5.29. The zero-order valence-corrected chi connectivity index (χ0v) is 15.4. The van der Waals surface area contributed by atoms with Crippen molar-refractivity contribution in [1.82, 2.24) is 4.31 Å². The number of hydrogen-bond acceptors (Lipinski definition) is 5. The third kappa shape index (κ3) is 3.45. The molecule has 2 N–H and O–H groups in total. The first-order valence-electron chi connectivity index (χ1n) is 8.03. The Labute approximate surface area is 156 Å². The molecule has 0 saturated carbocycles. The SMILES string of the molecule is NC[C@@H]1CN(S(=O)(=O)c2ccc(Cl)cc2[N+](=O)[O-])C[C@H]1c1ccccc1. The topological polar surface area (TPSA) is 107 Å². The predicted molar refractivity (Wildman–Crippen MR) is 98.6 cm³/mol. The van der Waals surface area contributed by atoms with Crippen LogP contribution in [0.15, 0.2) is 53.4 Å². The maximum atomic E-state index is 13.0. The van der Waals surface area contributed by atoms with Crippen LogP contribution in [0.2, 0.25) is 5.02 Å². The van der Waals surface area contributed by atoms with Gasteiger partial charge in [0, 0.05) is 30.1 Å². The first-order valence-corrected chi connectivity index (χ1v) is 9.85. The minimum absolute atomic E-state index is 0.0534. The summed E-state index contributed by atoms with van der Waals surface area (Å²) in [5.74, 6) is -0.110. The Hall–Kier alpha value is -2.00. The number of rotatable bonds is 5. The molecule has 2 aromatic carbocycles. The molecule has 1 aliphatic heterocycles. The van der Waals surface area contributed by atoms with Crippen LogP contribution in [0.5, 0.6) is 0 Å². The van der Waals surface area contributed by atoms with Crippen LogP contribution in [0.1, 0.15) is 11.5 Å². The van der Waals surface area contributed by atoms with Gasteiger partial charge in [0.05, 0.1) is 4.92 Å². The summed E-state index contributed by atoms with van der Waals surface area (Å²) in [5, 5.41) is 11.4. The molecule has 9 heteroatoms. The van der Waals surface area contributed by atoms with Gasteiger partial charge in [0.1, 0.15) is 0 Å². The molecule has 0 radical (unpaired) electrons. The van der Waals surface area contributed by atoms with Crippen LogP contribution in [0.4, 0.5) is 5.69 Å². The highest BCUT2D eigenvalue weighted by molar-refractivity contribution is 7.89. The lowest BCUT2D eigenvalue weighted by atomic mass is 9.89. The van der Waals surface area contributed by atoms with Gasteiger partial charge in [-0.2, -0.15) is 4.31 Å². The van der Waals surface area contributed by atoms with E-state index in [4.69, 9.17) is 17.3 Å². The molecule has 2 atom stereocenters. The minimum atomic E-state index is -4.04. The maximum absolute atomic E-state index is 13.0. The van der Waals surface area contributed by atoms with Gasteiger partial charge in [-0.1, -0.05) is 41.9 Å². The van der Waals surface area contributed by atoms with Crippen molar-refractivity contribution in [1.29, 1.82) is 0 Å². The van der Waals surface area contributed by atoms with E-state index in [0.717, 1.165) is 11.6 Å². The van der Waals surface area contributed by atoms with Gasteiger partial charge in [-0.3, -0.25) is 10.1 Å². The van der Waals surface area contributed by atoms with Crippen molar-refractivity contribution < 1.29 is 13.3 Å². The van der Waals surface area contributed by atoms with Crippen LogP contribution in [0, 0.1) is 16.0 Å². The summed E-state index contributed by atoms with van der Waals surface area (Å²) in [4.78, 5) is 10.2. The Morgan fingerprint density at radius 3 is 2.50 bits per heavy atom. The number of nitro groups is 1. The fourth-order valence-electron chi connectivity index (χ4n) is 3.34.